The summed E-state index contributed by atoms with van der Waals surface area (Å²) in [6, 6.07) is 6.09. The molecular weight excluding hydrogens is 379 g/mol. The Bertz CT molecular complexity index is 1200. The third kappa shape index (κ3) is 3.89. The first-order valence-corrected chi connectivity index (χ1v) is 8.66. The summed E-state index contributed by atoms with van der Waals surface area (Å²) in [6.07, 6.45) is 1.55. The Morgan fingerprint density at radius 2 is 2.14 bits per heavy atom. The van der Waals surface area contributed by atoms with Gasteiger partial charge in [-0.3, -0.25) is 10.7 Å². The molecule has 0 bridgehead atoms. The zero-order valence-electron chi connectivity index (χ0n) is 15.6. The number of aryl methyl sites for hydroxylation is 2. The highest BCUT2D eigenvalue weighted by Gasteiger charge is 2.14. The fourth-order valence-corrected chi connectivity index (χ4v) is 2.73. The highest BCUT2D eigenvalue weighted by Crippen LogP contribution is 2.21. The number of hydrogen-bond donors (Lipinski definition) is 4. The van der Waals surface area contributed by atoms with Gasteiger partial charge in [0.1, 0.15) is 5.82 Å². The van der Waals surface area contributed by atoms with Crippen molar-refractivity contribution in [3.05, 3.63) is 59.2 Å². The van der Waals surface area contributed by atoms with Gasteiger partial charge < -0.3 is 14.7 Å². The first-order chi connectivity index (χ1) is 14.0. The van der Waals surface area contributed by atoms with Crippen molar-refractivity contribution in [1.29, 1.82) is 0 Å². The maximum Gasteiger partial charge on any atom is 0.235 e. The molecular formula is C18H17FN8O2. The predicted octanol–water partition coefficient (Wildman–Crippen LogP) is 2.77. The second-order valence-electron chi connectivity index (χ2n) is 6.22. The van der Waals surface area contributed by atoms with E-state index in [0.29, 0.717) is 45.7 Å². The topological polar surface area (TPSA) is 137 Å². The maximum atomic E-state index is 13.5. The van der Waals surface area contributed by atoms with Crippen molar-refractivity contribution in [2.45, 2.75) is 20.4 Å². The van der Waals surface area contributed by atoms with Gasteiger partial charge in [0.2, 0.25) is 17.7 Å². The van der Waals surface area contributed by atoms with Crippen LogP contribution >= 0.6 is 0 Å². The summed E-state index contributed by atoms with van der Waals surface area (Å²) in [4.78, 5) is 16.0. The molecule has 0 spiro atoms. The van der Waals surface area contributed by atoms with Crippen molar-refractivity contribution >= 4 is 28.6 Å². The van der Waals surface area contributed by atoms with Gasteiger partial charge in [-0.15, -0.1) is 10.2 Å². The van der Waals surface area contributed by atoms with Crippen LogP contribution in [0.15, 0.2) is 39.9 Å². The van der Waals surface area contributed by atoms with E-state index in [1.807, 2.05) is 0 Å². The zero-order valence-corrected chi connectivity index (χ0v) is 15.6. The van der Waals surface area contributed by atoms with Crippen LogP contribution in [-0.2, 0) is 6.54 Å². The van der Waals surface area contributed by atoms with E-state index >= 15 is 0 Å². The summed E-state index contributed by atoms with van der Waals surface area (Å²) < 4.78 is 18.8. The molecule has 0 amide bonds. The summed E-state index contributed by atoms with van der Waals surface area (Å²) in [5.74, 6) is 1.16. The number of H-pyrrole nitrogens is 1. The Kier molecular flexibility index (Phi) is 4.87. The molecule has 148 valence electrons. The largest absolute Gasteiger partial charge is 0.424 e. The third-order valence-electron chi connectivity index (χ3n) is 4.11. The molecule has 11 heteroatoms. The van der Waals surface area contributed by atoms with Crippen LogP contribution in [0.5, 0.6) is 0 Å². The zero-order chi connectivity index (χ0) is 20.4. The van der Waals surface area contributed by atoms with E-state index < -0.39 is 0 Å². The van der Waals surface area contributed by atoms with E-state index in [9.17, 15) is 9.60 Å². The lowest BCUT2D eigenvalue weighted by Crippen LogP contribution is -2.20. The highest BCUT2D eigenvalue weighted by molar-refractivity contribution is 6.08. The number of benzene rings is 1. The van der Waals surface area contributed by atoms with Gasteiger partial charge in [-0.05, 0) is 36.8 Å². The van der Waals surface area contributed by atoms with E-state index in [4.69, 9.17) is 4.42 Å². The highest BCUT2D eigenvalue weighted by atomic mass is 19.1. The standard InChI is InChI=1S/C18H17FN8O2/c1-9-7-11(3-4-13(9)19)22-16(27-28)12-5-6-20-17-15(12)23-18(24-17)21-8-14-26-25-10(2)29-14/h3-7,28H,8H2,1-2H3,(H,22,27)(H2,20,21,23,24). The van der Waals surface area contributed by atoms with Crippen molar-refractivity contribution in [3.8, 4) is 0 Å². The van der Waals surface area contributed by atoms with Gasteiger partial charge in [0, 0.05) is 18.7 Å². The number of imidazole rings is 1. The number of fused-ring (bicyclic) bond motifs is 1. The molecule has 0 aliphatic heterocycles. The molecule has 4 rings (SSSR count). The molecule has 3 heterocycles. The van der Waals surface area contributed by atoms with Gasteiger partial charge in [0.05, 0.1) is 17.7 Å². The Morgan fingerprint density at radius 3 is 2.86 bits per heavy atom. The number of pyridine rings is 1. The van der Waals surface area contributed by atoms with E-state index in [2.05, 4.69) is 40.9 Å². The number of amidine groups is 1. The van der Waals surface area contributed by atoms with Crippen molar-refractivity contribution in [2.24, 2.45) is 4.99 Å². The Balaban J connectivity index is 1.65. The van der Waals surface area contributed by atoms with Crippen LogP contribution in [0.2, 0.25) is 0 Å². The van der Waals surface area contributed by atoms with E-state index in [0.717, 1.165) is 0 Å². The molecule has 0 atom stereocenters. The third-order valence-corrected chi connectivity index (χ3v) is 4.11. The number of aromatic amines is 1. The van der Waals surface area contributed by atoms with Crippen LogP contribution in [0.3, 0.4) is 0 Å². The maximum absolute atomic E-state index is 13.5. The lowest BCUT2D eigenvalue weighted by atomic mass is 10.2. The minimum atomic E-state index is -0.325. The molecule has 0 unspecified atom stereocenters. The Labute approximate surface area is 163 Å². The summed E-state index contributed by atoms with van der Waals surface area (Å²) >= 11 is 0. The van der Waals surface area contributed by atoms with Gasteiger partial charge in [0.25, 0.3) is 0 Å². The van der Waals surface area contributed by atoms with Crippen LogP contribution < -0.4 is 10.8 Å². The molecule has 0 saturated heterocycles. The van der Waals surface area contributed by atoms with Crippen LogP contribution in [-0.4, -0.2) is 36.2 Å². The molecule has 0 aliphatic rings. The molecule has 4 N–H and O–H groups in total. The second kappa shape index (κ2) is 7.64. The van der Waals surface area contributed by atoms with Crippen LogP contribution in [0.4, 0.5) is 16.0 Å². The Morgan fingerprint density at radius 1 is 1.28 bits per heavy atom. The van der Waals surface area contributed by atoms with Crippen molar-refractivity contribution < 1.29 is 14.0 Å². The number of hydroxylamine groups is 1. The lowest BCUT2D eigenvalue weighted by molar-refractivity contribution is 0.235. The van der Waals surface area contributed by atoms with Gasteiger partial charge >= 0.3 is 0 Å². The van der Waals surface area contributed by atoms with E-state index in [1.54, 1.807) is 32.2 Å². The summed E-state index contributed by atoms with van der Waals surface area (Å²) in [5, 5.41) is 20.4. The number of halogens is 1. The number of hydrogen-bond acceptors (Lipinski definition) is 8. The van der Waals surface area contributed by atoms with Gasteiger partial charge in [-0.2, -0.15) is 4.98 Å². The first kappa shape index (κ1) is 18.5. The van der Waals surface area contributed by atoms with Crippen molar-refractivity contribution in [3.63, 3.8) is 0 Å². The average Bonchev–Trinajstić information content (AvgIpc) is 3.32. The summed E-state index contributed by atoms with van der Waals surface area (Å²) in [5.41, 5.74) is 4.53. The van der Waals surface area contributed by atoms with Gasteiger partial charge in [0.15, 0.2) is 11.5 Å². The summed E-state index contributed by atoms with van der Waals surface area (Å²) in [6.45, 7) is 3.63. The molecule has 0 aliphatic carbocycles. The normalized spacial score (nSPS) is 11.8. The number of aromatic nitrogens is 5. The molecule has 29 heavy (non-hydrogen) atoms. The van der Waals surface area contributed by atoms with Gasteiger partial charge in [-0.1, -0.05) is 0 Å². The van der Waals surface area contributed by atoms with E-state index in [1.165, 1.54) is 12.1 Å². The fourth-order valence-electron chi connectivity index (χ4n) is 2.73. The van der Waals surface area contributed by atoms with Gasteiger partial charge in [-0.25, -0.2) is 14.4 Å². The number of aliphatic imine (C=N–C) groups is 1. The van der Waals surface area contributed by atoms with E-state index in [-0.39, 0.29) is 18.2 Å². The second-order valence-corrected chi connectivity index (χ2v) is 6.22. The van der Waals surface area contributed by atoms with Crippen molar-refractivity contribution in [1.82, 2.24) is 30.6 Å². The quantitative estimate of drug-likeness (QED) is 0.230. The predicted molar refractivity (Wildman–Crippen MR) is 103 cm³/mol. The fraction of sp³-hybridized carbons (Fsp3) is 0.167. The lowest BCUT2D eigenvalue weighted by Gasteiger charge is -2.06. The number of nitrogens with zero attached hydrogens (tertiary/aromatic N) is 5. The molecule has 4 aromatic rings. The van der Waals surface area contributed by atoms with Crippen LogP contribution in [0, 0.1) is 19.7 Å². The molecule has 1 aromatic carbocycles. The average molecular weight is 396 g/mol. The number of rotatable bonds is 5. The number of nitrogens with one attached hydrogen (secondary N) is 3. The molecule has 0 saturated carbocycles. The summed E-state index contributed by atoms with van der Waals surface area (Å²) in [7, 11) is 0. The number of anilines is 1. The smallest absolute Gasteiger partial charge is 0.235 e. The van der Waals surface area contributed by atoms with Crippen LogP contribution in [0.1, 0.15) is 22.9 Å². The molecule has 0 fully saturated rings. The van der Waals surface area contributed by atoms with Crippen molar-refractivity contribution in [2.75, 3.05) is 5.32 Å². The first-order valence-electron chi connectivity index (χ1n) is 8.66. The monoisotopic (exact) mass is 396 g/mol. The minimum Gasteiger partial charge on any atom is -0.424 e. The SMILES string of the molecule is Cc1nnc(CNc2nc3nccc(C(=Nc4ccc(F)c(C)c4)NO)c3[nH]2)o1. The Hall–Kier alpha value is -3.86. The molecule has 3 aromatic heterocycles. The minimum absolute atomic E-state index is 0.158. The van der Waals surface area contributed by atoms with Crippen LogP contribution in [0.25, 0.3) is 11.2 Å². The molecule has 0 radical (unpaired) electrons. The molecule has 10 nitrogen and oxygen atoms in total.